The molecule has 0 spiro atoms. The minimum atomic E-state index is -0.575. The van der Waals surface area contributed by atoms with Gasteiger partial charge in [-0.1, -0.05) is 31.7 Å². The van der Waals surface area contributed by atoms with E-state index >= 15 is 0 Å². The summed E-state index contributed by atoms with van der Waals surface area (Å²) < 4.78 is 10.9. The lowest BCUT2D eigenvalue weighted by Gasteiger charge is -2.26. The largest absolute Gasteiger partial charge is 0.458 e. The fourth-order valence-corrected chi connectivity index (χ4v) is 3.30. The lowest BCUT2D eigenvalue weighted by Crippen LogP contribution is -2.43. The van der Waals surface area contributed by atoms with Crippen LogP contribution in [0.3, 0.4) is 0 Å². The zero-order valence-electron chi connectivity index (χ0n) is 17.9. The molecule has 3 rings (SSSR count). The number of carbonyl (C=O) groups excluding carboxylic acids is 3. The molecule has 0 bridgehead atoms. The highest BCUT2D eigenvalue weighted by molar-refractivity contribution is 6.19. The Morgan fingerprint density at radius 2 is 2.03 bits per heavy atom. The maximum Gasteiger partial charge on any atom is 0.338 e. The molecular formula is C25H22N2O5. The Balaban J connectivity index is 1.95. The van der Waals surface area contributed by atoms with Crippen LogP contribution < -0.4 is 0 Å². The second-order valence-corrected chi connectivity index (χ2v) is 7.10. The zero-order valence-corrected chi connectivity index (χ0v) is 17.9. The van der Waals surface area contributed by atoms with Gasteiger partial charge in [0.2, 0.25) is 0 Å². The predicted molar refractivity (Wildman–Crippen MR) is 118 cm³/mol. The Hall–Kier alpha value is -4.18. The van der Waals surface area contributed by atoms with Crippen molar-refractivity contribution >= 4 is 23.9 Å². The normalized spacial score (nSPS) is 15.2. The number of hydrogen-bond acceptors (Lipinski definition) is 6. The topological polar surface area (TPSA) is 101 Å². The number of carbonyl (C=O) groups is 3. The quantitative estimate of drug-likeness (QED) is 0.281. The Morgan fingerprint density at radius 3 is 2.72 bits per heavy atom. The summed E-state index contributed by atoms with van der Waals surface area (Å²) >= 11 is 0. The summed E-state index contributed by atoms with van der Waals surface area (Å²) in [6.45, 7) is 7.28. The SMILES string of the molecule is C=CCOC(=O)c1cccc(-c2ccc(/C=C3/C(=O)N(CCC)C(=O)C(C#N)=C3C)o2)c1. The molecule has 162 valence electrons. The van der Waals surface area contributed by atoms with E-state index in [1.54, 1.807) is 43.3 Å². The van der Waals surface area contributed by atoms with Gasteiger partial charge in [-0.25, -0.2) is 4.79 Å². The van der Waals surface area contributed by atoms with E-state index in [0.29, 0.717) is 34.6 Å². The van der Waals surface area contributed by atoms with Crippen LogP contribution in [0.4, 0.5) is 0 Å². The Kier molecular flexibility index (Phi) is 6.86. The van der Waals surface area contributed by atoms with E-state index in [9.17, 15) is 19.6 Å². The smallest absolute Gasteiger partial charge is 0.338 e. The van der Waals surface area contributed by atoms with E-state index in [-0.39, 0.29) is 24.3 Å². The molecule has 1 aliphatic rings. The van der Waals surface area contributed by atoms with Crippen molar-refractivity contribution in [3.05, 3.63) is 77.1 Å². The lowest BCUT2D eigenvalue weighted by atomic mass is 9.94. The van der Waals surface area contributed by atoms with Gasteiger partial charge in [0.1, 0.15) is 29.8 Å². The second kappa shape index (κ2) is 9.75. The van der Waals surface area contributed by atoms with E-state index in [1.807, 2.05) is 13.0 Å². The lowest BCUT2D eigenvalue weighted by molar-refractivity contribution is -0.140. The monoisotopic (exact) mass is 430 g/mol. The summed E-state index contributed by atoms with van der Waals surface area (Å²) in [6.07, 6.45) is 3.60. The van der Waals surface area contributed by atoms with Crippen LogP contribution in [0, 0.1) is 11.3 Å². The fourth-order valence-electron chi connectivity index (χ4n) is 3.30. The van der Waals surface area contributed by atoms with Gasteiger partial charge in [0.25, 0.3) is 11.8 Å². The van der Waals surface area contributed by atoms with Gasteiger partial charge < -0.3 is 9.15 Å². The number of amides is 2. The Bertz CT molecular complexity index is 1190. The van der Waals surface area contributed by atoms with Gasteiger partial charge >= 0.3 is 5.97 Å². The van der Waals surface area contributed by atoms with Crippen molar-refractivity contribution in [3.63, 3.8) is 0 Å². The van der Waals surface area contributed by atoms with Crippen molar-refractivity contribution < 1.29 is 23.5 Å². The molecule has 0 N–H and O–H groups in total. The first-order chi connectivity index (χ1) is 15.4. The van der Waals surface area contributed by atoms with Gasteiger partial charge in [-0.2, -0.15) is 5.26 Å². The molecule has 0 fully saturated rings. The number of nitriles is 1. The molecule has 1 aromatic heterocycles. The standard InChI is InChI=1S/C25H22N2O5/c1-4-11-27-23(28)20(16(3)21(15-26)24(27)29)14-19-9-10-22(32-19)17-7-6-8-18(13-17)25(30)31-12-5-2/h5-10,13-14H,2,4,11-12H2,1,3H3/b20-14+. The van der Waals surface area contributed by atoms with Crippen molar-refractivity contribution in [3.8, 4) is 17.4 Å². The van der Waals surface area contributed by atoms with Crippen LogP contribution in [-0.4, -0.2) is 35.8 Å². The maximum absolute atomic E-state index is 12.9. The van der Waals surface area contributed by atoms with Crippen LogP contribution in [0.1, 0.15) is 36.4 Å². The molecule has 7 heteroatoms. The highest BCUT2D eigenvalue weighted by atomic mass is 16.5. The number of benzene rings is 1. The van der Waals surface area contributed by atoms with Crippen molar-refractivity contribution in [2.24, 2.45) is 0 Å². The van der Waals surface area contributed by atoms with Gasteiger partial charge in [-0.05, 0) is 49.3 Å². The fraction of sp³-hybridized carbons (Fsp3) is 0.200. The molecular weight excluding hydrogens is 408 g/mol. The maximum atomic E-state index is 12.9. The molecule has 1 aromatic carbocycles. The third-order valence-corrected chi connectivity index (χ3v) is 4.90. The number of nitrogens with zero attached hydrogens (tertiary/aromatic N) is 2. The number of furan rings is 1. The number of esters is 1. The number of ether oxygens (including phenoxy) is 1. The minimum absolute atomic E-state index is 0.0539. The first-order valence-corrected chi connectivity index (χ1v) is 10.1. The number of rotatable bonds is 7. The van der Waals surface area contributed by atoms with Crippen molar-refractivity contribution in [2.75, 3.05) is 13.2 Å². The second-order valence-electron chi connectivity index (χ2n) is 7.10. The number of hydrogen-bond donors (Lipinski definition) is 0. The molecule has 0 atom stereocenters. The zero-order chi connectivity index (χ0) is 23.3. The molecule has 7 nitrogen and oxygen atoms in total. The van der Waals surface area contributed by atoms with E-state index < -0.39 is 17.8 Å². The van der Waals surface area contributed by atoms with Crippen molar-refractivity contribution in [1.29, 1.82) is 5.26 Å². The molecule has 0 radical (unpaired) electrons. The third-order valence-electron chi connectivity index (χ3n) is 4.90. The van der Waals surface area contributed by atoms with E-state index in [1.165, 1.54) is 12.2 Å². The molecule has 0 unspecified atom stereocenters. The van der Waals surface area contributed by atoms with Crippen LogP contribution in [0.2, 0.25) is 0 Å². The summed E-state index contributed by atoms with van der Waals surface area (Å²) in [6, 6.07) is 12.1. The summed E-state index contributed by atoms with van der Waals surface area (Å²) in [5.74, 6) is -0.640. The van der Waals surface area contributed by atoms with Gasteiger partial charge in [0.05, 0.1) is 5.56 Å². The van der Waals surface area contributed by atoms with Crippen LogP contribution >= 0.6 is 0 Å². The highest BCUT2D eigenvalue weighted by Gasteiger charge is 2.35. The van der Waals surface area contributed by atoms with Crippen molar-refractivity contribution in [1.82, 2.24) is 4.90 Å². The van der Waals surface area contributed by atoms with Crippen molar-refractivity contribution in [2.45, 2.75) is 20.3 Å². The van der Waals surface area contributed by atoms with E-state index in [2.05, 4.69) is 6.58 Å². The van der Waals surface area contributed by atoms with Crippen LogP contribution in [0.25, 0.3) is 17.4 Å². The number of imide groups is 1. The molecule has 2 amide bonds. The van der Waals surface area contributed by atoms with Gasteiger partial charge in [-0.3, -0.25) is 14.5 Å². The molecule has 0 saturated carbocycles. The predicted octanol–water partition coefficient (Wildman–Crippen LogP) is 4.29. The van der Waals surface area contributed by atoms with E-state index in [4.69, 9.17) is 9.15 Å². The minimum Gasteiger partial charge on any atom is -0.458 e. The van der Waals surface area contributed by atoms with Gasteiger partial charge in [0.15, 0.2) is 0 Å². The average Bonchev–Trinajstić information content (AvgIpc) is 3.27. The summed E-state index contributed by atoms with van der Waals surface area (Å²) in [5.41, 5.74) is 1.53. The van der Waals surface area contributed by atoms with E-state index in [0.717, 1.165) is 4.90 Å². The first-order valence-electron chi connectivity index (χ1n) is 10.1. The van der Waals surface area contributed by atoms with Crippen LogP contribution in [0.5, 0.6) is 0 Å². The highest BCUT2D eigenvalue weighted by Crippen LogP contribution is 2.29. The van der Waals surface area contributed by atoms with Crippen LogP contribution in [-0.2, 0) is 14.3 Å². The summed E-state index contributed by atoms with van der Waals surface area (Å²) in [5, 5.41) is 9.41. The third kappa shape index (κ3) is 4.44. The molecule has 2 aromatic rings. The molecule has 0 aliphatic carbocycles. The summed E-state index contributed by atoms with van der Waals surface area (Å²) in [4.78, 5) is 38.5. The Morgan fingerprint density at radius 1 is 1.25 bits per heavy atom. The summed E-state index contributed by atoms with van der Waals surface area (Å²) in [7, 11) is 0. The first kappa shape index (κ1) is 22.5. The molecule has 0 saturated heterocycles. The van der Waals surface area contributed by atoms with Crippen LogP contribution in [0.15, 0.2) is 70.2 Å². The van der Waals surface area contributed by atoms with Gasteiger partial charge in [0, 0.05) is 17.7 Å². The van der Waals surface area contributed by atoms with Gasteiger partial charge in [-0.15, -0.1) is 0 Å². The molecule has 1 aliphatic heterocycles. The molecule has 2 heterocycles. The average molecular weight is 430 g/mol. The Labute approximate surface area is 185 Å². The molecule has 32 heavy (non-hydrogen) atoms.